The first-order chi connectivity index (χ1) is 30.1. The number of likely N-dealkylation sites (tertiary alicyclic amines) is 1. The molecule has 12 heteroatoms. The number of hydrogen-bond donors (Lipinski definition) is 6. The van der Waals surface area contributed by atoms with Gasteiger partial charge in [-0.1, -0.05) is 97.1 Å². The van der Waals surface area contributed by atoms with E-state index in [1.807, 2.05) is 66.7 Å². The number of aromatic hydroxyl groups is 1. The number of fused-ring (bicyclic) bond motifs is 1. The van der Waals surface area contributed by atoms with Crippen LogP contribution in [0.1, 0.15) is 62.0 Å². The second-order valence-corrected chi connectivity index (χ2v) is 16.8. The highest BCUT2D eigenvalue weighted by molar-refractivity contribution is 7.15. The zero-order valence-corrected chi connectivity index (χ0v) is 34.8. The largest absolute Gasteiger partial charge is 0.506 e. The molecule has 1 saturated heterocycles. The lowest BCUT2D eigenvalue weighted by atomic mass is 9.85. The van der Waals surface area contributed by atoms with Crippen LogP contribution in [0.5, 0.6) is 5.75 Å². The number of hydrogen-bond acceptors (Lipinski definition) is 10. The maximum absolute atomic E-state index is 14.1. The van der Waals surface area contributed by atoms with Crippen LogP contribution in [0.3, 0.4) is 0 Å². The monoisotopic (exact) mass is 848 g/mol. The number of aliphatic hydroxyl groups excluding tert-OH is 1. The Balaban J connectivity index is 0.860. The lowest BCUT2D eigenvalue weighted by Crippen LogP contribution is -2.43. The minimum Gasteiger partial charge on any atom is -0.506 e. The number of aromatic nitrogens is 1. The molecule has 316 valence electrons. The molecule has 7 aromatic rings. The molecular formula is C50H48N4O7S. The maximum atomic E-state index is 14.1. The molecule has 1 aliphatic heterocycles. The number of thiophene rings is 1. The Kier molecular flexibility index (Phi) is 13.0. The van der Waals surface area contributed by atoms with E-state index in [0.717, 1.165) is 40.5 Å². The van der Waals surface area contributed by atoms with Crippen LogP contribution in [0.4, 0.5) is 0 Å². The third kappa shape index (κ3) is 9.70. The van der Waals surface area contributed by atoms with E-state index < -0.39 is 17.7 Å². The van der Waals surface area contributed by atoms with E-state index in [1.165, 1.54) is 29.0 Å². The van der Waals surface area contributed by atoms with Gasteiger partial charge in [0.05, 0.1) is 18.2 Å². The number of aliphatic hydroxyl groups is 2. The van der Waals surface area contributed by atoms with Gasteiger partial charge in [-0.15, -0.1) is 11.3 Å². The van der Waals surface area contributed by atoms with Gasteiger partial charge < -0.3 is 35.7 Å². The molecule has 0 aliphatic carbocycles. The Hall–Kier alpha value is -6.41. The summed E-state index contributed by atoms with van der Waals surface area (Å²) in [4.78, 5) is 45.8. The molecule has 5 aromatic carbocycles. The Morgan fingerprint density at radius 1 is 0.806 bits per heavy atom. The van der Waals surface area contributed by atoms with Crippen molar-refractivity contribution in [2.45, 2.75) is 50.3 Å². The third-order valence-corrected chi connectivity index (χ3v) is 12.5. The third-order valence-electron chi connectivity index (χ3n) is 11.3. The summed E-state index contributed by atoms with van der Waals surface area (Å²) in [6.45, 7) is 3.42. The summed E-state index contributed by atoms with van der Waals surface area (Å²) < 4.78 is 6.09. The van der Waals surface area contributed by atoms with Crippen LogP contribution in [-0.2, 0) is 34.8 Å². The summed E-state index contributed by atoms with van der Waals surface area (Å²) in [6.07, 6.45) is 0.170. The molecule has 0 saturated carbocycles. The van der Waals surface area contributed by atoms with Gasteiger partial charge in [-0.05, 0) is 83.1 Å². The highest BCUT2D eigenvalue weighted by atomic mass is 32.1. The number of aromatic amines is 1. The molecule has 0 radical (unpaired) electrons. The SMILES string of the molecule is O=C(NCc1ccc(-c2cccc(C(O)(C(=O)OC3CCN(Cc4ccccc4)CC3)c3ccccc3)c2)s1)c1ccc(CNC[C@H](O)c2ccc(O)c3[nH]c(=O)ccc23)cc1. The average Bonchev–Trinajstić information content (AvgIpc) is 3.79. The summed E-state index contributed by atoms with van der Waals surface area (Å²) >= 11 is 1.52. The number of nitrogens with zero attached hydrogens (tertiary/aromatic N) is 1. The predicted octanol–water partition coefficient (Wildman–Crippen LogP) is 7.16. The number of phenolic OH excluding ortho intramolecular Hbond substituents is 1. The second-order valence-electron chi connectivity index (χ2n) is 15.6. The van der Waals surface area contributed by atoms with Crippen LogP contribution in [0.25, 0.3) is 21.3 Å². The van der Waals surface area contributed by atoms with Crippen molar-refractivity contribution in [1.82, 2.24) is 20.5 Å². The molecule has 6 N–H and O–H groups in total. The van der Waals surface area contributed by atoms with Crippen molar-refractivity contribution in [3.63, 3.8) is 0 Å². The Morgan fingerprint density at radius 2 is 1.53 bits per heavy atom. The standard InChI is InChI=1S/C50H48N4O7S/c55-43-21-19-41(42-20-23-46(57)53-47(42)43)44(56)31-51-29-33-14-16-35(17-15-33)48(58)52-30-40-18-22-45(62-40)36-10-7-13-38(28-36)50(60,37-11-5-2-6-12-37)49(59)61-39-24-26-54(27-25-39)32-34-8-3-1-4-9-34/h1-23,28,39,44,51,55-56,60H,24-27,29-32H2,(H,52,58)(H,53,57)/t44-,50?/m0/s1. The van der Waals surface area contributed by atoms with E-state index in [1.54, 1.807) is 54.6 Å². The average molecular weight is 849 g/mol. The number of phenols is 1. The summed E-state index contributed by atoms with van der Waals surface area (Å²) in [6, 6.07) is 43.8. The molecule has 1 amide bonds. The van der Waals surface area contributed by atoms with E-state index in [9.17, 15) is 29.7 Å². The summed E-state index contributed by atoms with van der Waals surface area (Å²) in [5.74, 6) is -0.980. The van der Waals surface area contributed by atoms with Gasteiger partial charge in [0.1, 0.15) is 11.9 Å². The molecule has 0 bridgehead atoms. The smallest absolute Gasteiger partial charge is 0.347 e. The number of carbonyl (C=O) groups excluding carboxylic acids is 2. The zero-order valence-electron chi connectivity index (χ0n) is 34.0. The van der Waals surface area contributed by atoms with Crippen LogP contribution >= 0.6 is 11.3 Å². The summed E-state index contributed by atoms with van der Waals surface area (Å²) in [5, 5.41) is 40.2. The van der Waals surface area contributed by atoms with Crippen molar-refractivity contribution in [3.8, 4) is 16.2 Å². The van der Waals surface area contributed by atoms with Crippen molar-refractivity contribution < 1.29 is 29.6 Å². The Labute approximate surface area is 363 Å². The van der Waals surface area contributed by atoms with Crippen molar-refractivity contribution in [2.24, 2.45) is 0 Å². The van der Waals surface area contributed by atoms with E-state index in [0.29, 0.717) is 53.6 Å². The first-order valence-electron chi connectivity index (χ1n) is 20.7. The van der Waals surface area contributed by atoms with Gasteiger partial charge in [-0.25, -0.2) is 4.79 Å². The molecule has 2 atom stereocenters. The number of nitrogens with one attached hydrogen (secondary N) is 3. The van der Waals surface area contributed by atoms with Crippen LogP contribution in [0.15, 0.2) is 150 Å². The predicted molar refractivity (Wildman–Crippen MR) is 241 cm³/mol. The van der Waals surface area contributed by atoms with Crippen LogP contribution < -0.4 is 16.2 Å². The van der Waals surface area contributed by atoms with E-state index in [-0.39, 0.29) is 35.4 Å². The van der Waals surface area contributed by atoms with Gasteiger partial charge in [0, 0.05) is 65.1 Å². The van der Waals surface area contributed by atoms with E-state index in [2.05, 4.69) is 32.7 Å². The number of benzene rings is 5. The van der Waals surface area contributed by atoms with Gasteiger partial charge >= 0.3 is 5.97 Å². The first kappa shape index (κ1) is 42.3. The molecule has 11 nitrogen and oxygen atoms in total. The molecule has 8 rings (SSSR count). The maximum Gasteiger partial charge on any atom is 0.347 e. The van der Waals surface area contributed by atoms with Crippen LogP contribution in [-0.4, -0.2) is 62.8 Å². The highest BCUT2D eigenvalue weighted by Gasteiger charge is 2.43. The molecule has 0 spiro atoms. The molecule has 2 aromatic heterocycles. The fourth-order valence-corrected chi connectivity index (χ4v) is 8.87. The van der Waals surface area contributed by atoms with E-state index >= 15 is 0 Å². The number of rotatable bonds is 15. The number of H-pyrrole nitrogens is 1. The minimum atomic E-state index is -2.02. The molecular weight excluding hydrogens is 801 g/mol. The Morgan fingerprint density at radius 3 is 2.29 bits per heavy atom. The molecule has 3 heterocycles. The second kappa shape index (κ2) is 19.1. The first-order valence-corrected chi connectivity index (χ1v) is 21.5. The molecule has 1 unspecified atom stereocenters. The summed E-state index contributed by atoms with van der Waals surface area (Å²) in [7, 11) is 0. The highest BCUT2D eigenvalue weighted by Crippen LogP contribution is 2.37. The number of piperidine rings is 1. The van der Waals surface area contributed by atoms with Crippen LogP contribution in [0.2, 0.25) is 0 Å². The van der Waals surface area contributed by atoms with Gasteiger partial charge in [-0.2, -0.15) is 0 Å². The fraction of sp³-hybridized carbons (Fsp3) is 0.220. The van der Waals surface area contributed by atoms with Crippen molar-refractivity contribution >= 4 is 34.1 Å². The fourth-order valence-electron chi connectivity index (χ4n) is 7.93. The van der Waals surface area contributed by atoms with Crippen molar-refractivity contribution in [2.75, 3.05) is 19.6 Å². The molecule has 1 aliphatic rings. The van der Waals surface area contributed by atoms with Gasteiger partial charge in [0.2, 0.25) is 11.2 Å². The quantitative estimate of drug-likeness (QED) is 0.0588. The Bertz CT molecular complexity index is 2700. The molecule has 62 heavy (non-hydrogen) atoms. The molecule has 1 fully saturated rings. The van der Waals surface area contributed by atoms with E-state index in [4.69, 9.17) is 4.74 Å². The van der Waals surface area contributed by atoms with Crippen molar-refractivity contribution in [1.29, 1.82) is 0 Å². The number of esters is 1. The number of ether oxygens (including phenoxy) is 1. The minimum absolute atomic E-state index is 0.0656. The normalized spacial score (nSPS) is 14.9. The lowest BCUT2D eigenvalue weighted by molar-refractivity contribution is -0.170. The number of pyridine rings is 1. The van der Waals surface area contributed by atoms with Crippen LogP contribution in [0, 0.1) is 0 Å². The number of carbonyl (C=O) groups is 2. The van der Waals surface area contributed by atoms with Gasteiger partial charge in [0.25, 0.3) is 5.91 Å². The number of amides is 1. The van der Waals surface area contributed by atoms with Gasteiger partial charge in [-0.3, -0.25) is 14.5 Å². The lowest BCUT2D eigenvalue weighted by Gasteiger charge is -2.34. The zero-order chi connectivity index (χ0) is 43.1. The topological polar surface area (TPSA) is 164 Å². The van der Waals surface area contributed by atoms with Gasteiger partial charge in [0.15, 0.2) is 0 Å². The summed E-state index contributed by atoms with van der Waals surface area (Å²) in [5.41, 5.74) is 2.84. The van der Waals surface area contributed by atoms with Crippen molar-refractivity contribution in [3.05, 3.63) is 194 Å².